The Labute approximate surface area is 188 Å². The average Bonchev–Trinajstić information content (AvgIpc) is 2.71. The molecular weight excluding hydrogens is 420 g/mol. The minimum Gasteiger partial charge on any atom is -0.491 e. The topological polar surface area (TPSA) is 77.1 Å². The monoisotopic (exact) mass is 448 g/mol. The zero-order valence-corrected chi connectivity index (χ0v) is 19.2. The second-order valence-corrected chi connectivity index (χ2v) is 8.40. The van der Waals surface area contributed by atoms with Gasteiger partial charge in [-0.3, -0.25) is 9.63 Å². The number of amides is 2. The van der Waals surface area contributed by atoms with Crippen molar-refractivity contribution in [3.63, 3.8) is 0 Å². The SMILES string of the molecule is CON(C)C(=O)c1ccccc1OCC(Cc1ccc(Cl)cc1)NC(=O)OC(C)(C)C. The Hall–Kier alpha value is -2.77. The zero-order chi connectivity index (χ0) is 23.0. The summed E-state index contributed by atoms with van der Waals surface area (Å²) in [6.07, 6.45) is -0.0524. The first kappa shape index (κ1) is 24.5. The Morgan fingerprint density at radius 3 is 2.35 bits per heavy atom. The molecule has 2 aromatic rings. The zero-order valence-electron chi connectivity index (χ0n) is 18.5. The first-order chi connectivity index (χ1) is 14.6. The van der Waals surface area contributed by atoms with E-state index in [0.29, 0.717) is 22.8 Å². The maximum Gasteiger partial charge on any atom is 0.408 e. The number of halogens is 1. The van der Waals surface area contributed by atoms with Crippen molar-refractivity contribution >= 4 is 23.6 Å². The number of rotatable bonds is 8. The van der Waals surface area contributed by atoms with Crippen LogP contribution in [0.4, 0.5) is 4.79 Å². The van der Waals surface area contributed by atoms with E-state index >= 15 is 0 Å². The minimum absolute atomic E-state index is 0.128. The van der Waals surface area contributed by atoms with Crippen molar-refractivity contribution in [2.24, 2.45) is 0 Å². The Morgan fingerprint density at radius 1 is 1.10 bits per heavy atom. The molecule has 0 aromatic heterocycles. The van der Waals surface area contributed by atoms with E-state index in [2.05, 4.69) is 5.32 Å². The lowest BCUT2D eigenvalue weighted by Crippen LogP contribution is -2.43. The molecule has 2 aromatic carbocycles. The third-order valence-corrected chi connectivity index (χ3v) is 4.49. The second-order valence-electron chi connectivity index (χ2n) is 7.97. The highest BCUT2D eigenvalue weighted by molar-refractivity contribution is 6.30. The standard InChI is InChI=1S/C23H29ClN2O5/c1-23(2,3)31-22(28)25-18(14-16-10-12-17(24)13-11-16)15-30-20-9-7-6-8-19(20)21(27)26(4)29-5/h6-13,18H,14-15H2,1-5H3,(H,25,28). The van der Waals surface area contributed by atoms with Crippen molar-refractivity contribution < 1.29 is 23.9 Å². The average molecular weight is 449 g/mol. The van der Waals surface area contributed by atoms with Gasteiger partial charge >= 0.3 is 6.09 Å². The van der Waals surface area contributed by atoms with Gasteiger partial charge in [0.2, 0.25) is 0 Å². The summed E-state index contributed by atoms with van der Waals surface area (Å²) in [6, 6.07) is 13.8. The van der Waals surface area contributed by atoms with Crippen LogP contribution in [-0.2, 0) is 16.0 Å². The van der Waals surface area contributed by atoms with Gasteiger partial charge in [-0.2, -0.15) is 0 Å². The number of ether oxygens (including phenoxy) is 2. The molecule has 1 N–H and O–H groups in total. The van der Waals surface area contributed by atoms with E-state index in [1.807, 2.05) is 12.1 Å². The molecule has 7 nitrogen and oxygen atoms in total. The van der Waals surface area contributed by atoms with E-state index < -0.39 is 17.7 Å². The summed E-state index contributed by atoms with van der Waals surface area (Å²) in [7, 11) is 2.93. The van der Waals surface area contributed by atoms with E-state index in [9.17, 15) is 9.59 Å². The molecule has 0 aliphatic heterocycles. The van der Waals surface area contributed by atoms with Crippen LogP contribution in [0.2, 0.25) is 5.02 Å². The molecule has 0 spiro atoms. The Kier molecular flexibility index (Phi) is 8.71. The molecule has 2 rings (SSSR count). The van der Waals surface area contributed by atoms with Gasteiger partial charge in [0, 0.05) is 12.1 Å². The van der Waals surface area contributed by atoms with Gasteiger partial charge in [-0.25, -0.2) is 9.86 Å². The fourth-order valence-electron chi connectivity index (χ4n) is 2.74. The molecule has 0 aliphatic carbocycles. The highest BCUT2D eigenvalue weighted by Gasteiger charge is 2.22. The van der Waals surface area contributed by atoms with Crippen molar-refractivity contribution in [2.75, 3.05) is 20.8 Å². The lowest BCUT2D eigenvalue weighted by atomic mass is 10.1. The van der Waals surface area contributed by atoms with Crippen LogP contribution in [0.5, 0.6) is 5.75 Å². The summed E-state index contributed by atoms with van der Waals surface area (Å²) < 4.78 is 11.3. The van der Waals surface area contributed by atoms with Crippen LogP contribution in [0.15, 0.2) is 48.5 Å². The van der Waals surface area contributed by atoms with Crippen molar-refractivity contribution in [3.05, 3.63) is 64.7 Å². The number of nitrogens with one attached hydrogen (secondary N) is 1. The lowest BCUT2D eigenvalue weighted by Gasteiger charge is -2.24. The summed E-state index contributed by atoms with van der Waals surface area (Å²) in [6.45, 7) is 5.52. The first-order valence-electron chi connectivity index (χ1n) is 9.87. The number of hydrogen-bond donors (Lipinski definition) is 1. The van der Waals surface area contributed by atoms with E-state index in [1.54, 1.807) is 57.2 Å². The van der Waals surface area contributed by atoms with Gasteiger partial charge in [0.15, 0.2) is 0 Å². The van der Waals surface area contributed by atoms with E-state index in [-0.39, 0.29) is 12.5 Å². The van der Waals surface area contributed by atoms with Gasteiger partial charge in [0.1, 0.15) is 18.0 Å². The van der Waals surface area contributed by atoms with Gasteiger partial charge < -0.3 is 14.8 Å². The molecular formula is C23H29ClN2O5. The van der Waals surface area contributed by atoms with Crippen LogP contribution in [-0.4, -0.2) is 49.5 Å². The van der Waals surface area contributed by atoms with Gasteiger partial charge in [-0.15, -0.1) is 0 Å². The Balaban J connectivity index is 2.16. The third kappa shape index (κ3) is 8.11. The van der Waals surface area contributed by atoms with Crippen LogP contribution in [0.25, 0.3) is 0 Å². The van der Waals surface area contributed by atoms with Gasteiger partial charge in [-0.1, -0.05) is 35.9 Å². The van der Waals surface area contributed by atoms with Crippen LogP contribution in [0.3, 0.4) is 0 Å². The van der Waals surface area contributed by atoms with Gasteiger partial charge in [-0.05, 0) is 57.0 Å². The number of alkyl carbamates (subject to hydrolysis) is 1. The fourth-order valence-corrected chi connectivity index (χ4v) is 2.87. The number of hydroxylamine groups is 2. The number of nitrogens with zero attached hydrogens (tertiary/aromatic N) is 1. The summed E-state index contributed by atoms with van der Waals surface area (Å²) in [4.78, 5) is 29.8. The molecule has 1 atom stereocenters. The molecule has 31 heavy (non-hydrogen) atoms. The smallest absolute Gasteiger partial charge is 0.408 e. The van der Waals surface area contributed by atoms with Crippen LogP contribution in [0.1, 0.15) is 36.7 Å². The van der Waals surface area contributed by atoms with Crippen molar-refractivity contribution in [3.8, 4) is 5.75 Å². The number of benzene rings is 2. The molecule has 2 amide bonds. The van der Waals surface area contributed by atoms with Crippen molar-refractivity contribution in [2.45, 2.75) is 38.8 Å². The van der Waals surface area contributed by atoms with E-state index in [1.165, 1.54) is 14.2 Å². The van der Waals surface area contributed by atoms with Crippen LogP contribution < -0.4 is 10.1 Å². The number of carbonyl (C=O) groups excluding carboxylic acids is 2. The molecule has 8 heteroatoms. The lowest BCUT2D eigenvalue weighted by molar-refractivity contribution is -0.0758. The normalized spacial score (nSPS) is 12.1. The summed E-state index contributed by atoms with van der Waals surface area (Å²) in [5.74, 6) is 0.0518. The van der Waals surface area contributed by atoms with Gasteiger partial charge in [0.05, 0.1) is 18.7 Å². The largest absolute Gasteiger partial charge is 0.491 e. The molecule has 0 saturated carbocycles. The van der Waals surface area contributed by atoms with E-state index in [4.69, 9.17) is 25.9 Å². The number of carbonyl (C=O) groups is 2. The number of para-hydroxylation sites is 1. The number of hydrogen-bond acceptors (Lipinski definition) is 5. The Morgan fingerprint density at radius 2 is 1.74 bits per heavy atom. The fraction of sp³-hybridized carbons (Fsp3) is 0.391. The van der Waals surface area contributed by atoms with E-state index in [0.717, 1.165) is 10.6 Å². The summed E-state index contributed by atoms with van der Waals surface area (Å²) >= 11 is 5.97. The molecule has 0 radical (unpaired) electrons. The molecule has 0 fully saturated rings. The second kappa shape index (κ2) is 11.0. The third-order valence-electron chi connectivity index (χ3n) is 4.23. The molecule has 0 saturated heterocycles. The maximum absolute atomic E-state index is 12.5. The molecule has 0 aliphatic rings. The quantitative estimate of drug-likeness (QED) is 0.602. The van der Waals surface area contributed by atoms with Crippen LogP contribution in [0, 0.1) is 0 Å². The minimum atomic E-state index is -0.625. The molecule has 0 bridgehead atoms. The highest BCUT2D eigenvalue weighted by atomic mass is 35.5. The summed E-state index contributed by atoms with van der Waals surface area (Å²) in [5, 5.41) is 4.60. The molecule has 0 heterocycles. The van der Waals surface area contributed by atoms with Gasteiger partial charge in [0.25, 0.3) is 5.91 Å². The van der Waals surface area contributed by atoms with Crippen molar-refractivity contribution in [1.29, 1.82) is 0 Å². The predicted molar refractivity (Wildman–Crippen MR) is 119 cm³/mol. The highest BCUT2D eigenvalue weighted by Crippen LogP contribution is 2.20. The van der Waals surface area contributed by atoms with Crippen molar-refractivity contribution in [1.82, 2.24) is 10.4 Å². The van der Waals surface area contributed by atoms with Crippen LogP contribution >= 0.6 is 11.6 Å². The maximum atomic E-state index is 12.5. The predicted octanol–water partition coefficient (Wildman–Crippen LogP) is 4.49. The first-order valence-corrected chi connectivity index (χ1v) is 10.2. The summed E-state index contributed by atoms with van der Waals surface area (Å²) in [5.41, 5.74) is 0.700. The molecule has 168 valence electrons. The molecule has 1 unspecified atom stereocenters. The Bertz CT molecular complexity index is 880.